The molecule has 1 aliphatic rings. The summed E-state index contributed by atoms with van der Waals surface area (Å²) < 4.78 is 5.50. The molecule has 1 aliphatic heterocycles. The van der Waals surface area contributed by atoms with Crippen molar-refractivity contribution in [3.8, 4) is 0 Å². The van der Waals surface area contributed by atoms with Gasteiger partial charge >= 0.3 is 5.97 Å². The molecule has 0 saturated carbocycles. The minimum absolute atomic E-state index is 0.0138. The zero-order valence-electron chi connectivity index (χ0n) is 11.9. The van der Waals surface area contributed by atoms with Crippen LogP contribution in [-0.4, -0.2) is 35.1 Å². The molecule has 0 unspecified atom stereocenters. The maximum absolute atomic E-state index is 11.5. The summed E-state index contributed by atoms with van der Waals surface area (Å²) in [5, 5.41) is 0. The van der Waals surface area contributed by atoms with Crippen molar-refractivity contribution in [2.75, 3.05) is 7.05 Å². The van der Waals surface area contributed by atoms with Crippen molar-refractivity contribution in [3.05, 3.63) is 12.2 Å². The molecule has 0 N–H and O–H groups in total. The predicted octanol–water partition coefficient (Wildman–Crippen LogP) is 2.76. The molecule has 0 aromatic heterocycles. The van der Waals surface area contributed by atoms with Gasteiger partial charge in [-0.1, -0.05) is 6.08 Å². The first-order valence-electron chi connectivity index (χ1n) is 6.26. The molecule has 98 valence electrons. The van der Waals surface area contributed by atoms with Crippen molar-refractivity contribution in [2.45, 2.75) is 64.6 Å². The number of hydrogen-bond acceptors (Lipinski definition) is 3. The van der Waals surface area contributed by atoms with Gasteiger partial charge in [0.15, 0.2) is 0 Å². The van der Waals surface area contributed by atoms with Crippen LogP contribution < -0.4 is 0 Å². The molecule has 17 heavy (non-hydrogen) atoms. The Morgan fingerprint density at radius 1 is 1.24 bits per heavy atom. The number of carbonyl (C=O) groups is 1. The Bertz CT molecular complexity index is 300. The monoisotopic (exact) mass is 239 g/mol. The van der Waals surface area contributed by atoms with Crippen LogP contribution in [0.25, 0.3) is 0 Å². The number of esters is 1. The number of carbonyl (C=O) groups excluding carboxylic acids is 1. The number of nitrogens with zero attached hydrogens (tertiary/aromatic N) is 1. The first kappa shape index (κ1) is 14.2. The summed E-state index contributed by atoms with van der Waals surface area (Å²) in [6.07, 6.45) is 4.98. The largest absolute Gasteiger partial charge is 0.459 e. The first-order chi connectivity index (χ1) is 7.69. The number of ether oxygens (including phenoxy) is 1. The minimum Gasteiger partial charge on any atom is -0.459 e. The van der Waals surface area contributed by atoms with Gasteiger partial charge in [0.25, 0.3) is 0 Å². The van der Waals surface area contributed by atoms with Gasteiger partial charge in [-0.05, 0) is 41.7 Å². The van der Waals surface area contributed by atoms with Crippen molar-refractivity contribution >= 4 is 5.97 Å². The van der Waals surface area contributed by atoms with Crippen LogP contribution in [0.5, 0.6) is 0 Å². The zero-order valence-corrected chi connectivity index (χ0v) is 11.9. The van der Waals surface area contributed by atoms with Crippen molar-refractivity contribution in [1.29, 1.82) is 0 Å². The quantitative estimate of drug-likeness (QED) is 0.548. The number of rotatable bonds is 2. The highest BCUT2D eigenvalue weighted by molar-refractivity contribution is 5.81. The summed E-state index contributed by atoms with van der Waals surface area (Å²) in [7, 11) is 2.14. The number of hydrogen-bond donors (Lipinski definition) is 0. The number of piperidine rings is 1. The number of likely N-dealkylation sites (tertiary alicyclic amines) is 1. The Morgan fingerprint density at radius 3 is 2.12 bits per heavy atom. The molecular formula is C14H25NO2. The fourth-order valence-corrected chi connectivity index (χ4v) is 2.70. The molecule has 1 fully saturated rings. The fourth-order valence-electron chi connectivity index (χ4n) is 2.70. The van der Waals surface area contributed by atoms with Gasteiger partial charge in [0.1, 0.15) is 6.10 Å². The van der Waals surface area contributed by atoms with Gasteiger partial charge in [-0.3, -0.25) is 4.90 Å². The average molecular weight is 239 g/mol. The van der Waals surface area contributed by atoms with Crippen molar-refractivity contribution in [2.24, 2.45) is 0 Å². The molecule has 3 heteroatoms. The van der Waals surface area contributed by atoms with Crippen LogP contribution in [0.15, 0.2) is 12.2 Å². The molecule has 0 aromatic carbocycles. The van der Waals surface area contributed by atoms with E-state index < -0.39 is 0 Å². The second-order valence-electron chi connectivity index (χ2n) is 6.15. The van der Waals surface area contributed by atoms with E-state index in [1.54, 1.807) is 6.08 Å². The summed E-state index contributed by atoms with van der Waals surface area (Å²) in [4.78, 5) is 13.9. The lowest BCUT2D eigenvalue weighted by Crippen LogP contribution is -2.60. The molecule has 0 spiro atoms. The Kier molecular flexibility index (Phi) is 4.03. The topological polar surface area (TPSA) is 29.5 Å². The van der Waals surface area contributed by atoms with Crippen LogP contribution >= 0.6 is 0 Å². The lowest BCUT2D eigenvalue weighted by molar-refractivity contribution is -0.152. The van der Waals surface area contributed by atoms with Crippen LogP contribution in [0.3, 0.4) is 0 Å². The summed E-state index contributed by atoms with van der Waals surface area (Å²) in [6, 6.07) is 0. The van der Waals surface area contributed by atoms with Gasteiger partial charge in [0.2, 0.25) is 0 Å². The summed E-state index contributed by atoms with van der Waals surface area (Å²) in [5.41, 5.74) is 0.116. The molecule has 1 rings (SSSR count). The van der Waals surface area contributed by atoms with Crippen molar-refractivity contribution < 1.29 is 9.53 Å². The van der Waals surface area contributed by atoms with E-state index in [0.29, 0.717) is 0 Å². The maximum Gasteiger partial charge on any atom is 0.330 e. The minimum atomic E-state index is -0.228. The van der Waals surface area contributed by atoms with Crippen LogP contribution in [-0.2, 0) is 9.53 Å². The SMILES string of the molecule is CC=CC(=O)OC1CC(C)(C)N(C)C(C)(C)C1. The van der Waals surface area contributed by atoms with E-state index in [4.69, 9.17) is 4.74 Å². The third-order valence-corrected chi connectivity index (χ3v) is 3.86. The number of allylic oxidation sites excluding steroid dienone is 1. The van der Waals surface area contributed by atoms with E-state index in [1.165, 1.54) is 6.08 Å². The highest BCUT2D eigenvalue weighted by Gasteiger charge is 2.44. The highest BCUT2D eigenvalue weighted by atomic mass is 16.5. The van der Waals surface area contributed by atoms with Crippen LogP contribution in [0.4, 0.5) is 0 Å². The van der Waals surface area contributed by atoms with E-state index >= 15 is 0 Å². The van der Waals surface area contributed by atoms with Crippen LogP contribution in [0.1, 0.15) is 47.5 Å². The smallest absolute Gasteiger partial charge is 0.330 e. The van der Waals surface area contributed by atoms with E-state index in [9.17, 15) is 4.79 Å². The highest BCUT2D eigenvalue weighted by Crippen LogP contribution is 2.38. The lowest BCUT2D eigenvalue weighted by atomic mass is 9.79. The molecule has 0 aromatic rings. The molecule has 1 heterocycles. The first-order valence-corrected chi connectivity index (χ1v) is 6.26. The van der Waals surface area contributed by atoms with Gasteiger partial charge < -0.3 is 4.74 Å². The third-order valence-electron chi connectivity index (χ3n) is 3.86. The predicted molar refractivity (Wildman–Crippen MR) is 69.8 cm³/mol. The van der Waals surface area contributed by atoms with Crippen LogP contribution in [0.2, 0.25) is 0 Å². The Labute approximate surface area is 105 Å². The van der Waals surface area contributed by atoms with Crippen molar-refractivity contribution in [1.82, 2.24) is 4.90 Å². The second-order valence-corrected chi connectivity index (χ2v) is 6.15. The van der Waals surface area contributed by atoms with E-state index in [-0.39, 0.29) is 23.2 Å². The molecule has 0 amide bonds. The summed E-state index contributed by atoms with van der Waals surface area (Å²) in [5.74, 6) is -0.228. The molecule has 0 radical (unpaired) electrons. The fraction of sp³-hybridized carbons (Fsp3) is 0.786. The van der Waals surface area contributed by atoms with Gasteiger partial charge in [-0.25, -0.2) is 4.79 Å². The van der Waals surface area contributed by atoms with Gasteiger partial charge in [0, 0.05) is 30.0 Å². The Hall–Kier alpha value is -0.830. The van der Waals surface area contributed by atoms with Crippen molar-refractivity contribution in [3.63, 3.8) is 0 Å². The molecule has 3 nitrogen and oxygen atoms in total. The van der Waals surface area contributed by atoms with E-state index in [2.05, 4.69) is 39.6 Å². The maximum atomic E-state index is 11.5. The zero-order chi connectivity index (χ0) is 13.3. The van der Waals surface area contributed by atoms with Crippen LogP contribution in [0, 0.1) is 0 Å². The molecular weight excluding hydrogens is 214 g/mol. The normalized spacial score (nSPS) is 25.1. The lowest BCUT2D eigenvalue weighted by Gasteiger charge is -2.53. The molecule has 0 atom stereocenters. The van der Waals surface area contributed by atoms with E-state index in [1.807, 2.05) is 6.92 Å². The summed E-state index contributed by atoms with van der Waals surface area (Å²) in [6.45, 7) is 10.6. The Morgan fingerprint density at radius 2 is 1.71 bits per heavy atom. The van der Waals surface area contributed by atoms with E-state index in [0.717, 1.165) is 12.8 Å². The third kappa shape index (κ3) is 3.32. The Balaban J connectivity index is 2.75. The standard InChI is InChI=1S/C14H25NO2/c1-7-8-12(16)17-11-9-13(2,3)15(6)14(4,5)10-11/h7-8,11H,9-10H2,1-6H3. The van der Waals surface area contributed by atoms with Gasteiger partial charge in [-0.15, -0.1) is 0 Å². The molecule has 1 saturated heterocycles. The second kappa shape index (κ2) is 4.81. The molecule has 0 aliphatic carbocycles. The molecule has 0 bridgehead atoms. The van der Waals surface area contributed by atoms with Gasteiger partial charge in [0.05, 0.1) is 0 Å². The van der Waals surface area contributed by atoms with Gasteiger partial charge in [-0.2, -0.15) is 0 Å². The summed E-state index contributed by atoms with van der Waals surface area (Å²) >= 11 is 0. The average Bonchev–Trinajstić information content (AvgIpc) is 2.13.